The number of carbonyl (C=O) groups is 1. The zero-order chi connectivity index (χ0) is 13.4. The first-order chi connectivity index (χ1) is 8.63. The van der Waals surface area contributed by atoms with E-state index in [1.54, 1.807) is 6.92 Å². The van der Waals surface area contributed by atoms with E-state index >= 15 is 0 Å². The third kappa shape index (κ3) is 6.01. The molecule has 6 heteroatoms. The predicted octanol–water partition coefficient (Wildman–Crippen LogP) is 3.05. The van der Waals surface area contributed by atoms with Crippen LogP contribution < -0.4 is 5.32 Å². The van der Waals surface area contributed by atoms with Crippen molar-refractivity contribution in [1.82, 2.24) is 0 Å². The Bertz CT molecular complexity index is 401. The van der Waals surface area contributed by atoms with Crippen LogP contribution in [0.5, 0.6) is 0 Å². The van der Waals surface area contributed by atoms with Crippen LogP contribution in [0.25, 0.3) is 0 Å². The summed E-state index contributed by atoms with van der Waals surface area (Å²) < 4.78 is 12.1. The highest BCUT2D eigenvalue weighted by Gasteiger charge is 2.02. The second kappa shape index (κ2) is 8.71. The van der Waals surface area contributed by atoms with Crippen molar-refractivity contribution >= 4 is 50.2 Å². The van der Waals surface area contributed by atoms with Crippen molar-refractivity contribution in [3.63, 3.8) is 0 Å². The number of esters is 1. The molecule has 0 saturated heterocycles. The van der Waals surface area contributed by atoms with Crippen LogP contribution in [0.4, 0.5) is 5.69 Å². The molecule has 0 atom stereocenters. The molecule has 0 unspecified atom stereocenters. The molecule has 0 bridgehead atoms. The predicted molar refractivity (Wildman–Crippen MR) is 82.8 cm³/mol. The Morgan fingerprint density at radius 3 is 3.00 bits per heavy atom. The zero-order valence-corrected chi connectivity index (χ0v) is 13.8. The number of carbonyl (C=O) groups excluding carboxylic acids is 1. The van der Waals surface area contributed by atoms with Gasteiger partial charge in [-0.05, 0) is 63.6 Å². The molecule has 0 amide bonds. The Morgan fingerprint density at radius 2 is 2.28 bits per heavy atom. The highest BCUT2D eigenvalue weighted by molar-refractivity contribution is 14.1. The van der Waals surface area contributed by atoms with E-state index in [1.165, 1.54) is 0 Å². The largest absolute Gasteiger partial charge is 0.464 e. The summed E-state index contributed by atoms with van der Waals surface area (Å²) in [7, 11) is 0. The number of hydrogen-bond acceptors (Lipinski definition) is 4. The summed E-state index contributed by atoms with van der Waals surface area (Å²) in [6.07, 6.45) is 0. The number of hydrogen-bond donors (Lipinski definition) is 1. The molecule has 0 aliphatic carbocycles. The van der Waals surface area contributed by atoms with Crippen LogP contribution in [0.15, 0.2) is 22.7 Å². The van der Waals surface area contributed by atoms with Gasteiger partial charge in [-0.25, -0.2) is 4.79 Å². The van der Waals surface area contributed by atoms with Gasteiger partial charge in [-0.3, -0.25) is 0 Å². The molecule has 18 heavy (non-hydrogen) atoms. The molecule has 1 aromatic carbocycles. The van der Waals surface area contributed by atoms with Gasteiger partial charge in [-0.2, -0.15) is 0 Å². The van der Waals surface area contributed by atoms with Gasteiger partial charge in [0.1, 0.15) is 6.61 Å². The van der Waals surface area contributed by atoms with E-state index in [4.69, 9.17) is 9.47 Å². The molecule has 0 saturated carbocycles. The van der Waals surface area contributed by atoms with E-state index in [9.17, 15) is 4.79 Å². The van der Waals surface area contributed by atoms with Crippen LogP contribution >= 0.6 is 38.5 Å². The fourth-order valence-electron chi connectivity index (χ4n) is 1.25. The van der Waals surface area contributed by atoms with Gasteiger partial charge in [0.2, 0.25) is 0 Å². The summed E-state index contributed by atoms with van der Waals surface area (Å²) in [5.74, 6) is -0.326. The quantitative estimate of drug-likeness (QED) is 0.412. The van der Waals surface area contributed by atoms with Gasteiger partial charge in [-0.15, -0.1) is 0 Å². The zero-order valence-electron chi connectivity index (χ0n) is 10.0. The number of benzene rings is 1. The molecule has 0 aliphatic heterocycles. The Kier molecular flexibility index (Phi) is 7.60. The number of nitrogens with one attached hydrogen (secondary N) is 1. The van der Waals surface area contributed by atoms with Crippen LogP contribution in [0.3, 0.4) is 0 Å². The highest BCUT2D eigenvalue weighted by Crippen LogP contribution is 2.23. The number of halogens is 2. The first-order valence-corrected chi connectivity index (χ1v) is 7.43. The summed E-state index contributed by atoms with van der Waals surface area (Å²) in [5, 5.41) is 3.23. The average Bonchev–Trinajstić information content (AvgIpc) is 2.33. The Labute approximate surface area is 129 Å². The van der Waals surface area contributed by atoms with E-state index in [2.05, 4.69) is 43.8 Å². The molecular formula is C12H15BrINO3. The summed E-state index contributed by atoms with van der Waals surface area (Å²) >= 11 is 5.72. The second-order valence-electron chi connectivity index (χ2n) is 3.41. The lowest BCUT2D eigenvalue weighted by atomic mass is 10.3. The molecule has 1 N–H and O–H groups in total. The first-order valence-electron chi connectivity index (χ1n) is 5.55. The Balaban J connectivity index is 2.21. The van der Waals surface area contributed by atoms with Crippen LogP contribution in [0.1, 0.15) is 6.92 Å². The third-order valence-corrected chi connectivity index (χ3v) is 3.38. The van der Waals surface area contributed by atoms with E-state index < -0.39 is 0 Å². The lowest BCUT2D eigenvalue weighted by Crippen LogP contribution is -2.16. The molecule has 4 nitrogen and oxygen atoms in total. The molecule has 0 spiro atoms. The van der Waals surface area contributed by atoms with E-state index in [1.807, 2.05) is 18.2 Å². The standard InChI is InChI=1S/C12H15BrINO3/c1-2-18-12(16)8-17-6-5-15-11-7-9(14)3-4-10(11)13/h3-4,7,15H,2,5-6,8H2,1H3. The maximum absolute atomic E-state index is 11.0. The number of rotatable bonds is 7. The van der Waals surface area contributed by atoms with Crippen LogP contribution in [0, 0.1) is 3.57 Å². The minimum atomic E-state index is -0.326. The van der Waals surface area contributed by atoms with Crippen molar-refractivity contribution in [2.24, 2.45) is 0 Å². The molecule has 0 heterocycles. The fourth-order valence-corrected chi connectivity index (χ4v) is 2.13. The highest BCUT2D eigenvalue weighted by atomic mass is 127. The molecule has 0 aromatic heterocycles. The molecule has 0 fully saturated rings. The molecule has 0 aliphatic rings. The normalized spacial score (nSPS) is 10.2. The molecule has 0 radical (unpaired) electrons. The van der Waals surface area contributed by atoms with Gasteiger partial charge in [0, 0.05) is 20.3 Å². The third-order valence-electron chi connectivity index (χ3n) is 2.02. The minimum absolute atomic E-state index is 0.00299. The van der Waals surface area contributed by atoms with Crippen molar-refractivity contribution in [2.45, 2.75) is 6.92 Å². The van der Waals surface area contributed by atoms with E-state index in [-0.39, 0.29) is 12.6 Å². The first kappa shape index (κ1) is 15.7. The van der Waals surface area contributed by atoms with Gasteiger partial charge in [0.25, 0.3) is 0 Å². The van der Waals surface area contributed by atoms with Crippen molar-refractivity contribution in [3.8, 4) is 0 Å². The van der Waals surface area contributed by atoms with Gasteiger partial charge in [-0.1, -0.05) is 0 Å². The van der Waals surface area contributed by atoms with Crippen LogP contribution in [0.2, 0.25) is 0 Å². The molecule has 1 rings (SSSR count). The smallest absolute Gasteiger partial charge is 0.332 e. The van der Waals surface area contributed by atoms with Crippen LogP contribution in [-0.4, -0.2) is 32.3 Å². The minimum Gasteiger partial charge on any atom is -0.464 e. The summed E-state index contributed by atoms with van der Waals surface area (Å²) in [5.41, 5.74) is 1.02. The summed E-state index contributed by atoms with van der Waals surface area (Å²) in [4.78, 5) is 11.0. The Morgan fingerprint density at radius 1 is 1.50 bits per heavy atom. The van der Waals surface area contributed by atoms with Gasteiger partial charge in [0.15, 0.2) is 0 Å². The fraction of sp³-hybridized carbons (Fsp3) is 0.417. The summed E-state index contributed by atoms with van der Waals surface area (Å²) in [6.45, 7) is 3.25. The van der Waals surface area contributed by atoms with Crippen LogP contribution in [-0.2, 0) is 14.3 Å². The van der Waals surface area contributed by atoms with Crippen molar-refractivity contribution < 1.29 is 14.3 Å². The number of anilines is 1. The van der Waals surface area contributed by atoms with E-state index in [0.29, 0.717) is 19.8 Å². The van der Waals surface area contributed by atoms with Gasteiger partial charge in [0.05, 0.1) is 13.2 Å². The monoisotopic (exact) mass is 427 g/mol. The number of ether oxygens (including phenoxy) is 2. The maximum Gasteiger partial charge on any atom is 0.332 e. The lowest BCUT2D eigenvalue weighted by molar-refractivity contribution is -0.148. The van der Waals surface area contributed by atoms with E-state index in [0.717, 1.165) is 13.7 Å². The second-order valence-corrected chi connectivity index (χ2v) is 5.51. The lowest BCUT2D eigenvalue weighted by Gasteiger charge is -2.09. The van der Waals surface area contributed by atoms with Gasteiger partial charge < -0.3 is 14.8 Å². The van der Waals surface area contributed by atoms with Crippen molar-refractivity contribution in [3.05, 3.63) is 26.2 Å². The maximum atomic E-state index is 11.0. The molecular weight excluding hydrogens is 413 g/mol. The van der Waals surface area contributed by atoms with Crippen molar-refractivity contribution in [2.75, 3.05) is 31.7 Å². The molecule has 1 aromatic rings. The van der Waals surface area contributed by atoms with Crippen molar-refractivity contribution in [1.29, 1.82) is 0 Å². The average molecular weight is 428 g/mol. The molecule has 100 valence electrons. The topological polar surface area (TPSA) is 47.6 Å². The SMILES string of the molecule is CCOC(=O)COCCNc1cc(I)ccc1Br. The Hall–Kier alpha value is -0.340. The van der Waals surface area contributed by atoms with Gasteiger partial charge >= 0.3 is 5.97 Å². The summed E-state index contributed by atoms with van der Waals surface area (Å²) in [6, 6.07) is 6.05.